The highest BCUT2D eigenvalue weighted by Crippen LogP contribution is 2.33. The van der Waals surface area contributed by atoms with Crippen molar-refractivity contribution in [2.75, 3.05) is 25.1 Å². The molecule has 7 heteroatoms. The molecule has 5 rings (SSSR count). The highest BCUT2D eigenvalue weighted by atomic mass is 16.6. The van der Waals surface area contributed by atoms with Crippen molar-refractivity contribution in [3.8, 4) is 22.6 Å². The highest BCUT2D eigenvalue weighted by Gasteiger charge is 2.21. The Morgan fingerprint density at radius 2 is 1.44 bits per heavy atom. The molecule has 2 heterocycles. The summed E-state index contributed by atoms with van der Waals surface area (Å²) in [6, 6.07) is 21.0. The first-order valence-corrected chi connectivity index (χ1v) is 10.5. The minimum Gasteiger partial charge on any atom is -0.486 e. The number of amides is 3. The topological polar surface area (TPSA) is 79.9 Å². The monoisotopic (exact) mass is 429 g/mol. The molecule has 3 aromatic carbocycles. The van der Waals surface area contributed by atoms with E-state index in [-0.39, 0.29) is 12.5 Å². The van der Waals surface area contributed by atoms with Crippen molar-refractivity contribution in [1.82, 2.24) is 10.2 Å². The average Bonchev–Trinajstić information content (AvgIpc) is 2.95. The van der Waals surface area contributed by atoms with Gasteiger partial charge in [-0.3, -0.25) is 15.0 Å². The summed E-state index contributed by atoms with van der Waals surface area (Å²) in [5.41, 5.74) is 5.21. The lowest BCUT2D eigenvalue weighted by Crippen LogP contribution is -2.41. The second-order valence-electron chi connectivity index (χ2n) is 7.82. The summed E-state index contributed by atoms with van der Waals surface area (Å²) >= 11 is 0. The Morgan fingerprint density at radius 1 is 0.812 bits per heavy atom. The number of nitrogens with zero attached hydrogens (tertiary/aromatic N) is 1. The van der Waals surface area contributed by atoms with E-state index in [0.717, 1.165) is 11.1 Å². The van der Waals surface area contributed by atoms with Crippen LogP contribution in [0.25, 0.3) is 11.1 Å². The van der Waals surface area contributed by atoms with Gasteiger partial charge in [0, 0.05) is 24.8 Å². The van der Waals surface area contributed by atoms with Crippen molar-refractivity contribution in [1.29, 1.82) is 0 Å². The molecule has 0 aliphatic carbocycles. The van der Waals surface area contributed by atoms with Gasteiger partial charge < -0.3 is 14.8 Å². The van der Waals surface area contributed by atoms with Gasteiger partial charge in [-0.2, -0.15) is 0 Å². The molecule has 0 saturated heterocycles. The van der Waals surface area contributed by atoms with Crippen LogP contribution in [-0.4, -0.2) is 36.6 Å². The van der Waals surface area contributed by atoms with Crippen LogP contribution in [0.15, 0.2) is 66.7 Å². The van der Waals surface area contributed by atoms with Gasteiger partial charge in [-0.25, -0.2) is 4.79 Å². The number of nitrogens with one attached hydrogen (secondary N) is 2. The molecule has 7 nitrogen and oxygen atoms in total. The Kier molecular flexibility index (Phi) is 5.47. The molecule has 0 spiro atoms. The van der Waals surface area contributed by atoms with Crippen LogP contribution in [0.4, 0.5) is 10.5 Å². The van der Waals surface area contributed by atoms with Crippen LogP contribution >= 0.6 is 0 Å². The van der Waals surface area contributed by atoms with Crippen molar-refractivity contribution < 1.29 is 19.1 Å². The first-order chi connectivity index (χ1) is 15.7. The number of rotatable bonds is 3. The summed E-state index contributed by atoms with van der Waals surface area (Å²) in [7, 11) is 0. The molecule has 0 atom stereocenters. The zero-order valence-electron chi connectivity index (χ0n) is 17.5. The second-order valence-corrected chi connectivity index (χ2v) is 7.82. The zero-order valence-corrected chi connectivity index (χ0v) is 17.5. The third kappa shape index (κ3) is 4.29. The minimum atomic E-state index is -0.581. The number of carbonyl (C=O) groups is 2. The first-order valence-electron chi connectivity index (χ1n) is 10.5. The Morgan fingerprint density at radius 3 is 2.12 bits per heavy atom. The Balaban J connectivity index is 1.24. The number of benzene rings is 3. The van der Waals surface area contributed by atoms with Gasteiger partial charge in [0.05, 0.1) is 6.54 Å². The summed E-state index contributed by atoms with van der Waals surface area (Å²) < 4.78 is 11.0. The highest BCUT2D eigenvalue weighted by molar-refractivity contribution is 6.01. The van der Waals surface area contributed by atoms with Gasteiger partial charge >= 0.3 is 6.03 Å². The number of ether oxygens (including phenoxy) is 2. The normalized spacial score (nSPS) is 14.5. The fourth-order valence-corrected chi connectivity index (χ4v) is 4.14. The van der Waals surface area contributed by atoms with Crippen molar-refractivity contribution in [2.24, 2.45) is 0 Å². The molecule has 162 valence electrons. The largest absolute Gasteiger partial charge is 0.486 e. The molecule has 3 amide bonds. The van der Waals surface area contributed by atoms with E-state index < -0.39 is 6.03 Å². The summed E-state index contributed by atoms with van der Waals surface area (Å²) in [5.74, 6) is 0.846. The Hall–Kier alpha value is -3.84. The molecule has 0 saturated carbocycles. The molecular formula is C25H23N3O4. The summed E-state index contributed by atoms with van der Waals surface area (Å²) in [6.07, 6.45) is 0. The van der Waals surface area contributed by atoms with Gasteiger partial charge in [-0.05, 0) is 34.4 Å². The maximum absolute atomic E-state index is 12.6. The van der Waals surface area contributed by atoms with Gasteiger partial charge in [0.15, 0.2) is 11.5 Å². The third-order valence-corrected chi connectivity index (χ3v) is 5.53. The predicted octanol–water partition coefficient (Wildman–Crippen LogP) is 3.79. The van der Waals surface area contributed by atoms with Gasteiger partial charge in [0.25, 0.3) is 0 Å². The first kappa shape index (κ1) is 20.1. The molecule has 3 aromatic rings. The van der Waals surface area contributed by atoms with Gasteiger partial charge in [-0.15, -0.1) is 0 Å². The van der Waals surface area contributed by atoms with Crippen LogP contribution in [0.1, 0.15) is 11.1 Å². The fourth-order valence-electron chi connectivity index (χ4n) is 4.14. The molecule has 0 radical (unpaired) electrons. The molecule has 2 aliphatic rings. The van der Waals surface area contributed by atoms with E-state index in [9.17, 15) is 9.59 Å². The van der Waals surface area contributed by atoms with Crippen LogP contribution in [0.3, 0.4) is 0 Å². The molecule has 2 aliphatic heterocycles. The van der Waals surface area contributed by atoms with E-state index in [1.54, 1.807) is 18.2 Å². The van der Waals surface area contributed by atoms with Crippen LogP contribution in [0, 0.1) is 0 Å². The number of fused-ring (bicyclic) bond motifs is 4. The number of imide groups is 1. The van der Waals surface area contributed by atoms with E-state index in [0.29, 0.717) is 43.5 Å². The molecular weight excluding hydrogens is 406 g/mol. The number of hydrogen-bond acceptors (Lipinski definition) is 5. The maximum Gasteiger partial charge on any atom is 0.325 e. The van der Waals surface area contributed by atoms with Crippen molar-refractivity contribution in [2.45, 2.75) is 13.1 Å². The van der Waals surface area contributed by atoms with Gasteiger partial charge in [0.2, 0.25) is 5.91 Å². The summed E-state index contributed by atoms with van der Waals surface area (Å²) in [5, 5.41) is 5.10. The molecule has 2 N–H and O–H groups in total. The van der Waals surface area contributed by atoms with E-state index in [2.05, 4.69) is 34.9 Å². The zero-order chi connectivity index (χ0) is 21.9. The smallest absolute Gasteiger partial charge is 0.325 e. The van der Waals surface area contributed by atoms with E-state index in [1.165, 1.54) is 11.1 Å². The lowest BCUT2D eigenvalue weighted by atomic mass is 9.97. The van der Waals surface area contributed by atoms with E-state index >= 15 is 0 Å². The van der Waals surface area contributed by atoms with Gasteiger partial charge in [-0.1, -0.05) is 48.5 Å². The van der Waals surface area contributed by atoms with Crippen LogP contribution in [0.2, 0.25) is 0 Å². The van der Waals surface area contributed by atoms with Gasteiger partial charge in [0.1, 0.15) is 13.2 Å². The SMILES string of the molecule is O=C(CN1Cc2ccccc2-c2ccccc2C1)NC(=O)Nc1ccc2c(c1)OCCO2. The van der Waals surface area contributed by atoms with Crippen LogP contribution < -0.4 is 20.1 Å². The van der Waals surface area contributed by atoms with Crippen molar-refractivity contribution in [3.63, 3.8) is 0 Å². The Labute approximate surface area is 185 Å². The molecule has 0 bridgehead atoms. The maximum atomic E-state index is 12.6. The lowest BCUT2D eigenvalue weighted by Gasteiger charge is -2.20. The number of anilines is 1. The molecule has 0 fully saturated rings. The minimum absolute atomic E-state index is 0.108. The summed E-state index contributed by atoms with van der Waals surface area (Å²) in [4.78, 5) is 27.0. The van der Waals surface area contributed by atoms with Crippen molar-refractivity contribution >= 4 is 17.6 Å². The molecule has 0 unspecified atom stereocenters. The lowest BCUT2D eigenvalue weighted by molar-refractivity contribution is -0.121. The number of carbonyl (C=O) groups excluding carboxylic acids is 2. The predicted molar refractivity (Wildman–Crippen MR) is 121 cm³/mol. The standard InChI is InChI=1S/C25H23N3O4/c29-24(27-25(30)26-19-9-10-22-23(13-19)32-12-11-31-22)16-28-14-17-5-1-3-7-20(17)21-8-4-2-6-18(21)15-28/h1-10,13H,11-12,14-16H2,(H2,26,27,29,30). The van der Waals surface area contributed by atoms with Crippen LogP contribution in [-0.2, 0) is 17.9 Å². The van der Waals surface area contributed by atoms with E-state index in [1.807, 2.05) is 29.2 Å². The Bertz CT molecular complexity index is 1130. The molecule has 0 aromatic heterocycles. The molecule has 32 heavy (non-hydrogen) atoms. The van der Waals surface area contributed by atoms with Crippen LogP contribution in [0.5, 0.6) is 11.5 Å². The number of urea groups is 1. The van der Waals surface area contributed by atoms with Crippen molar-refractivity contribution in [3.05, 3.63) is 77.9 Å². The fraction of sp³-hybridized carbons (Fsp3) is 0.200. The quantitative estimate of drug-likeness (QED) is 0.662. The second kappa shape index (κ2) is 8.72. The summed E-state index contributed by atoms with van der Waals surface area (Å²) in [6.45, 7) is 2.32. The third-order valence-electron chi connectivity index (χ3n) is 5.53. The number of hydrogen-bond donors (Lipinski definition) is 2. The average molecular weight is 429 g/mol. The van der Waals surface area contributed by atoms with E-state index in [4.69, 9.17) is 9.47 Å².